The standard InChI is InChI=1S/2C6H13N/c2*1-6-4-3-5-7(6)2/h2*6H,3-5H2,1-2H3/t2*6-/m10/s1. The summed E-state index contributed by atoms with van der Waals surface area (Å²) in [6, 6.07) is 1.69. The third-order valence-corrected chi connectivity index (χ3v) is 3.77. The van der Waals surface area contributed by atoms with Crippen molar-refractivity contribution in [3.8, 4) is 0 Å². The summed E-state index contributed by atoms with van der Waals surface area (Å²) in [6.07, 6.45) is 5.60. The molecule has 0 aliphatic carbocycles. The van der Waals surface area contributed by atoms with Gasteiger partial charge in [-0.3, -0.25) is 0 Å². The van der Waals surface area contributed by atoms with Gasteiger partial charge in [0.05, 0.1) is 0 Å². The summed E-state index contributed by atoms with van der Waals surface area (Å²) in [5.41, 5.74) is 0. The van der Waals surface area contributed by atoms with Gasteiger partial charge in [-0.2, -0.15) is 0 Å². The van der Waals surface area contributed by atoms with E-state index < -0.39 is 0 Å². The van der Waals surface area contributed by atoms with E-state index in [-0.39, 0.29) is 0 Å². The first-order valence-corrected chi connectivity index (χ1v) is 6.01. The van der Waals surface area contributed by atoms with Crippen molar-refractivity contribution in [3.63, 3.8) is 0 Å². The molecule has 2 saturated heterocycles. The van der Waals surface area contributed by atoms with Gasteiger partial charge < -0.3 is 9.80 Å². The Morgan fingerprint density at radius 1 is 0.786 bits per heavy atom. The van der Waals surface area contributed by atoms with E-state index >= 15 is 0 Å². The molecule has 2 aliphatic rings. The minimum Gasteiger partial charge on any atom is -0.304 e. The normalized spacial score (nSPS) is 34.3. The smallest absolute Gasteiger partial charge is 0.00643 e. The molecule has 0 radical (unpaired) electrons. The largest absolute Gasteiger partial charge is 0.304 e. The highest BCUT2D eigenvalue weighted by molar-refractivity contribution is 4.71. The van der Waals surface area contributed by atoms with Crippen LogP contribution in [0.25, 0.3) is 0 Å². The van der Waals surface area contributed by atoms with Crippen molar-refractivity contribution in [2.75, 3.05) is 27.2 Å². The van der Waals surface area contributed by atoms with Crippen LogP contribution in [0.15, 0.2) is 0 Å². The van der Waals surface area contributed by atoms with Crippen LogP contribution >= 0.6 is 0 Å². The van der Waals surface area contributed by atoms with Gasteiger partial charge in [0.15, 0.2) is 0 Å². The van der Waals surface area contributed by atoms with E-state index in [1.807, 2.05) is 0 Å². The molecule has 2 aliphatic heterocycles. The zero-order valence-electron chi connectivity index (χ0n) is 10.3. The van der Waals surface area contributed by atoms with Crippen LogP contribution in [-0.4, -0.2) is 49.1 Å². The van der Waals surface area contributed by atoms with Crippen LogP contribution in [-0.2, 0) is 0 Å². The topological polar surface area (TPSA) is 6.48 Å². The van der Waals surface area contributed by atoms with Crippen molar-refractivity contribution >= 4 is 0 Å². The summed E-state index contributed by atoms with van der Waals surface area (Å²) in [6.45, 7) is 7.18. The molecule has 0 amide bonds. The van der Waals surface area contributed by atoms with Crippen LogP contribution < -0.4 is 0 Å². The molecule has 2 heteroatoms. The average Bonchev–Trinajstić information content (AvgIpc) is 2.67. The second-order valence-corrected chi connectivity index (χ2v) is 4.94. The summed E-state index contributed by atoms with van der Waals surface area (Å²) in [7, 11) is 4.38. The van der Waals surface area contributed by atoms with E-state index in [0.29, 0.717) is 0 Å². The Labute approximate surface area is 89.3 Å². The lowest BCUT2D eigenvalue weighted by Gasteiger charge is -2.12. The molecular weight excluding hydrogens is 172 g/mol. The molecule has 84 valence electrons. The van der Waals surface area contributed by atoms with Gasteiger partial charge in [0.25, 0.3) is 0 Å². The van der Waals surface area contributed by atoms with E-state index in [1.54, 1.807) is 0 Å². The van der Waals surface area contributed by atoms with Crippen molar-refractivity contribution < 1.29 is 0 Å². The lowest BCUT2D eigenvalue weighted by molar-refractivity contribution is 0.331. The Balaban J connectivity index is 0.000000140. The van der Waals surface area contributed by atoms with Crippen LogP contribution in [0.3, 0.4) is 0 Å². The van der Waals surface area contributed by atoms with E-state index in [1.165, 1.54) is 38.8 Å². The second kappa shape index (κ2) is 5.72. The fourth-order valence-electron chi connectivity index (χ4n) is 2.15. The van der Waals surface area contributed by atoms with Crippen LogP contribution in [0.2, 0.25) is 0 Å². The van der Waals surface area contributed by atoms with Crippen LogP contribution in [0.5, 0.6) is 0 Å². The molecule has 0 aromatic heterocycles. The Hall–Kier alpha value is -0.0800. The number of hydrogen-bond donors (Lipinski definition) is 0. The molecule has 0 aromatic carbocycles. The molecule has 2 fully saturated rings. The highest BCUT2D eigenvalue weighted by Gasteiger charge is 2.14. The molecule has 0 saturated carbocycles. The van der Waals surface area contributed by atoms with Crippen LogP contribution in [0.1, 0.15) is 39.5 Å². The Kier molecular flexibility index (Phi) is 4.90. The molecule has 0 spiro atoms. The molecular formula is C12H26N2. The Bertz CT molecular complexity index is 124. The fraction of sp³-hybridized carbons (Fsp3) is 1.00. The minimum atomic E-state index is 0.847. The molecule has 0 unspecified atom stereocenters. The Morgan fingerprint density at radius 3 is 1.21 bits per heavy atom. The van der Waals surface area contributed by atoms with E-state index in [9.17, 15) is 0 Å². The molecule has 0 bridgehead atoms. The summed E-state index contributed by atoms with van der Waals surface area (Å²) in [4.78, 5) is 4.81. The summed E-state index contributed by atoms with van der Waals surface area (Å²) in [5, 5.41) is 0. The van der Waals surface area contributed by atoms with Gasteiger partial charge in [-0.25, -0.2) is 0 Å². The number of likely N-dealkylation sites (tertiary alicyclic amines) is 2. The second-order valence-electron chi connectivity index (χ2n) is 4.94. The predicted octanol–water partition coefficient (Wildman–Crippen LogP) is 2.20. The molecule has 2 atom stereocenters. The van der Waals surface area contributed by atoms with Gasteiger partial charge in [0, 0.05) is 12.1 Å². The number of hydrogen-bond acceptors (Lipinski definition) is 2. The predicted molar refractivity (Wildman–Crippen MR) is 62.7 cm³/mol. The van der Waals surface area contributed by atoms with E-state index in [0.717, 1.165) is 12.1 Å². The van der Waals surface area contributed by atoms with Crippen LogP contribution in [0, 0.1) is 0 Å². The van der Waals surface area contributed by atoms with E-state index in [4.69, 9.17) is 0 Å². The Morgan fingerprint density at radius 2 is 1.14 bits per heavy atom. The monoisotopic (exact) mass is 198 g/mol. The third-order valence-electron chi connectivity index (χ3n) is 3.77. The van der Waals surface area contributed by atoms with Gasteiger partial charge in [-0.1, -0.05) is 0 Å². The van der Waals surface area contributed by atoms with Crippen LogP contribution in [0.4, 0.5) is 0 Å². The number of nitrogens with zero attached hydrogens (tertiary/aromatic N) is 2. The van der Waals surface area contributed by atoms with Gasteiger partial charge in [-0.15, -0.1) is 0 Å². The van der Waals surface area contributed by atoms with Gasteiger partial charge in [-0.05, 0) is 66.7 Å². The summed E-state index contributed by atoms with van der Waals surface area (Å²) in [5.74, 6) is 0. The van der Waals surface area contributed by atoms with Crippen molar-refractivity contribution in [2.24, 2.45) is 0 Å². The maximum Gasteiger partial charge on any atom is 0.00643 e. The highest BCUT2D eigenvalue weighted by Crippen LogP contribution is 2.12. The first-order chi connectivity index (χ1) is 6.61. The maximum absolute atomic E-state index is 2.40. The van der Waals surface area contributed by atoms with Gasteiger partial charge in [0.1, 0.15) is 0 Å². The SMILES string of the molecule is C[C@@H]1CCCN1C.C[C@H]1CCCN1C. The quantitative estimate of drug-likeness (QED) is 0.589. The lowest BCUT2D eigenvalue weighted by Crippen LogP contribution is -2.20. The lowest BCUT2D eigenvalue weighted by atomic mass is 10.3. The zero-order chi connectivity index (χ0) is 10.6. The number of rotatable bonds is 0. The molecule has 0 N–H and O–H groups in total. The van der Waals surface area contributed by atoms with E-state index in [2.05, 4.69) is 37.7 Å². The summed E-state index contributed by atoms with van der Waals surface area (Å²) >= 11 is 0. The first-order valence-electron chi connectivity index (χ1n) is 6.01. The summed E-state index contributed by atoms with van der Waals surface area (Å²) < 4.78 is 0. The highest BCUT2D eigenvalue weighted by atomic mass is 15.1. The fourth-order valence-corrected chi connectivity index (χ4v) is 2.15. The minimum absolute atomic E-state index is 0.847. The molecule has 0 aromatic rings. The third kappa shape index (κ3) is 3.58. The maximum atomic E-state index is 2.40. The average molecular weight is 198 g/mol. The molecule has 14 heavy (non-hydrogen) atoms. The zero-order valence-corrected chi connectivity index (χ0v) is 10.3. The molecule has 2 rings (SSSR count). The van der Waals surface area contributed by atoms with Crippen molar-refractivity contribution in [2.45, 2.75) is 51.6 Å². The van der Waals surface area contributed by atoms with Crippen molar-refractivity contribution in [3.05, 3.63) is 0 Å². The van der Waals surface area contributed by atoms with Gasteiger partial charge in [0.2, 0.25) is 0 Å². The molecule has 2 nitrogen and oxygen atoms in total. The van der Waals surface area contributed by atoms with Crippen molar-refractivity contribution in [1.82, 2.24) is 9.80 Å². The van der Waals surface area contributed by atoms with Gasteiger partial charge >= 0.3 is 0 Å². The van der Waals surface area contributed by atoms with Crippen molar-refractivity contribution in [1.29, 1.82) is 0 Å². The first kappa shape index (κ1) is 12.0. The molecule has 2 heterocycles.